The molecule has 168 valence electrons. The number of carbonyl (C=O) groups is 3. The van der Waals surface area contributed by atoms with Crippen LogP contribution in [0.25, 0.3) is 0 Å². The van der Waals surface area contributed by atoms with Crippen molar-refractivity contribution >= 4 is 45.6 Å². The Balaban J connectivity index is 1.64. The van der Waals surface area contributed by atoms with Gasteiger partial charge in [-0.2, -0.15) is 5.10 Å². The van der Waals surface area contributed by atoms with E-state index >= 15 is 0 Å². The average Bonchev–Trinajstić information content (AvgIpc) is 2.81. The zero-order valence-corrected chi connectivity index (χ0v) is 19.4. The van der Waals surface area contributed by atoms with Gasteiger partial charge in [0.15, 0.2) is 0 Å². The van der Waals surface area contributed by atoms with Crippen molar-refractivity contribution in [3.8, 4) is 11.5 Å². The van der Waals surface area contributed by atoms with Crippen LogP contribution >= 0.6 is 15.9 Å². The van der Waals surface area contributed by atoms with Crippen LogP contribution in [-0.4, -0.2) is 31.1 Å². The Hall–Kier alpha value is -3.98. The molecule has 3 rings (SSSR count). The van der Waals surface area contributed by atoms with Gasteiger partial charge in [-0.1, -0.05) is 33.6 Å². The molecule has 0 spiro atoms. The predicted molar refractivity (Wildman–Crippen MR) is 128 cm³/mol. The maximum Gasteiger partial charge on any atom is 0.343 e. The van der Waals surface area contributed by atoms with Crippen LogP contribution in [0.2, 0.25) is 0 Å². The first-order chi connectivity index (χ1) is 15.9. The van der Waals surface area contributed by atoms with Crippen LogP contribution in [0, 0.1) is 6.92 Å². The average molecular weight is 510 g/mol. The molecule has 0 saturated heterocycles. The zero-order chi connectivity index (χ0) is 23.8. The maximum atomic E-state index is 12.4. The quantitative estimate of drug-likeness (QED) is 0.171. The van der Waals surface area contributed by atoms with Crippen molar-refractivity contribution < 1.29 is 23.9 Å². The molecule has 2 amide bonds. The molecule has 2 N–H and O–H groups in total. The van der Waals surface area contributed by atoms with E-state index in [9.17, 15) is 14.4 Å². The van der Waals surface area contributed by atoms with E-state index in [4.69, 9.17) is 9.47 Å². The Kier molecular flexibility index (Phi) is 7.93. The lowest BCUT2D eigenvalue weighted by molar-refractivity contribution is -0.136. The van der Waals surface area contributed by atoms with Crippen LogP contribution in [0.4, 0.5) is 5.69 Å². The number of ether oxygens (including phenoxy) is 2. The van der Waals surface area contributed by atoms with E-state index < -0.39 is 17.8 Å². The van der Waals surface area contributed by atoms with Crippen molar-refractivity contribution in [3.63, 3.8) is 0 Å². The molecule has 0 aliphatic carbocycles. The summed E-state index contributed by atoms with van der Waals surface area (Å²) in [4.78, 5) is 36.5. The fraction of sp³-hybridized carbons (Fsp3) is 0.0833. The number of aryl methyl sites for hydroxylation is 1. The number of anilines is 1. The van der Waals surface area contributed by atoms with E-state index in [1.54, 1.807) is 54.6 Å². The van der Waals surface area contributed by atoms with Gasteiger partial charge in [-0.15, -0.1) is 0 Å². The summed E-state index contributed by atoms with van der Waals surface area (Å²) in [5.41, 5.74) is 4.42. The fourth-order valence-corrected chi connectivity index (χ4v) is 3.01. The van der Waals surface area contributed by atoms with Crippen molar-refractivity contribution in [2.75, 3.05) is 12.4 Å². The molecule has 0 unspecified atom stereocenters. The smallest absolute Gasteiger partial charge is 0.343 e. The molecule has 3 aromatic carbocycles. The first-order valence-electron chi connectivity index (χ1n) is 9.72. The molecule has 0 aliphatic rings. The Bertz CT molecular complexity index is 1190. The molecule has 0 bridgehead atoms. The number of nitrogens with zero attached hydrogens (tertiary/aromatic N) is 1. The first kappa shape index (κ1) is 23.7. The summed E-state index contributed by atoms with van der Waals surface area (Å²) in [5.74, 6) is -1.53. The number of methoxy groups -OCH3 is 1. The van der Waals surface area contributed by atoms with Gasteiger partial charge in [0.25, 0.3) is 0 Å². The molecule has 0 aliphatic heterocycles. The van der Waals surface area contributed by atoms with Gasteiger partial charge in [-0.25, -0.2) is 10.2 Å². The number of esters is 1. The molecule has 0 atom stereocenters. The third kappa shape index (κ3) is 6.75. The molecule has 0 radical (unpaired) electrons. The summed E-state index contributed by atoms with van der Waals surface area (Å²) in [6.07, 6.45) is 1.28. The maximum absolute atomic E-state index is 12.4. The van der Waals surface area contributed by atoms with E-state index in [1.165, 1.54) is 13.3 Å². The summed E-state index contributed by atoms with van der Waals surface area (Å²) in [6, 6.07) is 18.4. The lowest BCUT2D eigenvalue weighted by Crippen LogP contribution is -2.32. The monoisotopic (exact) mass is 509 g/mol. The first-order valence-corrected chi connectivity index (χ1v) is 10.5. The second kappa shape index (κ2) is 11.1. The Labute approximate surface area is 198 Å². The highest BCUT2D eigenvalue weighted by Crippen LogP contribution is 2.23. The highest BCUT2D eigenvalue weighted by atomic mass is 79.9. The Morgan fingerprint density at radius 3 is 2.30 bits per heavy atom. The second-order valence-corrected chi connectivity index (χ2v) is 7.74. The Morgan fingerprint density at radius 2 is 1.64 bits per heavy atom. The molecule has 0 aromatic heterocycles. The van der Waals surface area contributed by atoms with Gasteiger partial charge >= 0.3 is 17.8 Å². The minimum Gasteiger partial charge on any atom is -0.497 e. The molecule has 0 saturated carbocycles. The van der Waals surface area contributed by atoms with Crippen molar-refractivity contribution in [2.45, 2.75) is 6.92 Å². The highest BCUT2D eigenvalue weighted by Gasteiger charge is 2.14. The standard InChI is InChI=1S/C24H20BrN3O5/c1-15-3-5-16(6-4-15)24(31)33-21-12-7-18(25)13-17(21)14-26-28-23(30)22(29)27-19-8-10-20(32-2)11-9-19/h3-14H,1-2H3,(H,27,29)(H,28,30)/b26-14+. The lowest BCUT2D eigenvalue weighted by Gasteiger charge is -2.08. The molecule has 8 nitrogen and oxygen atoms in total. The van der Waals surface area contributed by atoms with Gasteiger partial charge in [-0.3, -0.25) is 9.59 Å². The van der Waals surface area contributed by atoms with E-state index in [2.05, 4.69) is 31.8 Å². The van der Waals surface area contributed by atoms with E-state index in [0.29, 0.717) is 27.0 Å². The predicted octanol–water partition coefficient (Wildman–Crippen LogP) is 4.07. The number of hydrogen-bond donors (Lipinski definition) is 2. The summed E-state index contributed by atoms with van der Waals surface area (Å²) < 4.78 is 11.2. The molecule has 0 heterocycles. The second-order valence-electron chi connectivity index (χ2n) is 6.82. The summed E-state index contributed by atoms with van der Waals surface area (Å²) in [5, 5.41) is 6.26. The SMILES string of the molecule is COc1ccc(NC(=O)C(=O)N/N=C/c2cc(Br)ccc2OC(=O)c2ccc(C)cc2)cc1. The number of rotatable bonds is 6. The van der Waals surface area contributed by atoms with Crippen molar-refractivity contribution in [3.05, 3.63) is 87.9 Å². The number of halogens is 1. The van der Waals surface area contributed by atoms with E-state index in [-0.39, 0.29) is 5.75 Å². The van der Waals surface area contributed by atoms with Gasteiger partial charge < -0.3 is 14.8 Å². The normalized spacial score (nSPS) is 10.5. The van der Waals surface area contributed by atoms with Crippen LogP contribution < -0.4 is 20.2 Å². The lowest BCUT2D eigenvalue weighted by atomic mass is 10.1. The summed E-state index contributed by atoms with van der Waals surface area (Å²) in [7, 11) is 1.53. The summed E-state index contributed by atoms with van der Waals surface area (Å²) >= 11 is 3.34. The van der Waals surface area contributed by atoms with Crippen LogP contribution in [0.3, 0.4) is 0 Å². The topological polar surface area (TPSA) is 106 Å². The number of hydrogen-bond acceptors (Lipinski definition) is 6. The molecule has 0 fully saturated rings. The number of amides is 2. The molecule has 9 heteroatoms. The molecule has 33 heavy (non-hydrogen) atoms. The number of carbonyl (C=O) groups excluding carboxylic acids is 3. The third-order valence-corrected chi connectivity index (χ3v) is 4.88. The van der Waals surface area contributed by atoms with Gasteiger partial charge in [-0.05, 0) is 61.5 Å². The third-order valence-electron chi connectivity index (χ3n) is 4.39. The number of hydrazone groups is 1. The van der Waals surface area contributed by atoms with Crippen molar-refractivity contribution in [1.82, 2.24) is 5.43 Å². The van der Waals surface area contributed by atoms with Crippen molar-refractivity contribution in [1.29, 1.82) is 0 Å². The summed E-state index contributed by atoms with van der Waals surface area (Å²) in [6.45, 7) is 1.92. The molecule has 3 aromatic rings. The highest BCUT2D eigenvalue weighted by molar-refractivity contribution is 9.10. The largest absolute Gasteiger partial charge is 0.497 e. The number of nitrogens with one attached hydrogen (secondary N) is 2. The molecular weight excluding hydrogens is 490 g/mol. The molecular formula is C24H20BrN3O5. The van der Waals surface area contributed by atoms with Gasteiger partial charge in [0, 0.05) is 15.7 Å². The van der Waals surface area contributed by atoms with Gasteiger partial charge in [0.05, 0.1) is 18.9 Å². The van der Waals surface area contributed by atoms with Crippen molar-refractivity contribution in [2.24, 2.45) is 5.10 Å². The minimum absolute atomic E-state index is 0.240. The van der Waals surface area contributed by atoms with Crippen LogP contribution in [0.15, 0.2) is 76.3 Å². The van der Waals surface area contributed by atoms with Gasteiger partial charge in [0.2, 0.25) is 0 Å². The van der Waals surface area contributed by atoms with Crippen LogP contribution in [0.1, 0.15) is 21.5 Å². The Morgan fingerprint density at radius 1 is 0.939 bits per heavy atom. The van der Waals surface area contributed by atoms with Crippen LogP contribution in [0.5, 0.6) is 11.5 Å². The van der Waals surface area contributed by atoms with Crippen LogP contribution in [-0.2, 0) is 9.59 Å². The van der Waals surface area contributed by atoms with E-state index in [0.717, 1.165) is 5.56 Å². The zero-order valence-electron chi connectivity index (χ0n) is 17.8. The van der Waals surface area contributed by atoms with E-state index in [1.807, 2.05) is 19.1 Å². The fourth-order valence-electron chi connectivity index (χ4n) is 2.64. The van der Waals surface area contributed by atoms with Gasteiger partial charge in [0.1, 0.15) is 11.5 Å². The number of benzene rings is 3. The minimum atomic E-state index is -0.963.